The van der Waals surface area contributed by atoms with E-state index in [-0.39, 0.29) is 41.8 Å². The number of nitrogens with zero attached hydrogens (tertiary/aromatic N) is 2. The lowest BCUT2D eigenvalue weighted by Crippen LogP contribution is -2.65. The number of phenolic OH excluding ortho intramolecular Hbond substituents is 1. The van der Waals surface area contributed by atoms with Crippen molar-refractivity contribution in [3.05, 3.63) is 63.9 Å². The average Bonchev–Trinajstić information content (AvgIpc) is 2.98. The molecular weight excluding hydrogens is 655 g/mol. The van der Waals surface area contributed by atoms with Gasteiger partial charge in [-0.15, -0.1) is 13.2 Å². The summed E-state index contributed by atoms with van der Waals surface area (Å²) in [6, 6.07) is 3.94. The molecule has 5 rings (SSSR count). The highest BCUT2D eigenvalue weighted by Crippen LogP contribution is 2.54. The number of urea groups is 1. The van der Waals surface area contributed by atoms with Gasteiger partial charge in [-0.05, 0) is 68.8 Å². The maximum atomic E-state index is 14.1. The van der Waals surface area contributed by atoms with Crippen LogP contribution in [0.2, 0.25) is 0 Å². The quantitative estimate of drug-likeness (QED) is 0.209. The van der Waals surface area contributed by atoms with Crippen LogP contribution < -0.4 is 26.0 Å². The van der Waals surface area contributed by atoms with E-state index in [0.717, 1.165) is 12.1 Å². The molecule has 2 aromatic carbocycles. The van der Waals surface area contributed by atoms with Crippen LogP contribution in [-0.2, 0) is 27.3 Å². The van der Waals surface area contributed by atoms with Gasteiger partial charge in [0.15, 0.2) is 11.4 Å². The molecular formula is C32H34F3N5O9. The van der Waals surface area contributed by atoms with Crippen molar-refractivity contribution in [2.45, 2.75) is 37.4 Å². The van der Waals surface area contributed by atoms with Crippen LogP contribution >= 0.6 is 0 Å². The van der Waals surface area contributed by atoms with Gasteiger partial charge in [0, 0.05) is 49.1 Å². The van der Waals surface area contributed by atoms with Gasteiger partial charge < -0.3 is 46.4 Å². The Hall–Kier alpha value is -5.29. The smallest absolute Gasteiger partial charge is 0.508 e. The van der Waals surface area contributed by atoms with Crippen molar-refractivity contribution in [1.82, 2.24) is 10.2 Å². The molecule has 0 spiro atoms. The molecule has 0 bridgehead atoms. The summed E-state index contributed by atoms with van der Waals surface area (Å²) in [5.74, 6) is -8.23. The number of nitrogens with two attached hydrogens (primary N) is 1. The average molecular weight is 690 g/mol. The summed E-state index contributed by atoms with van der Waals surface area (Å²) in [5, 5.41) is 50.8. The van der Waals surface area contributed by atoms with E-state index in [4.69, 9.17) is 5.73 Å². The third-order valence-corrected chi connectivity index (χ3v) is 9.04. The van der Waals surface area contributed by atoms with Crippen LogP contribution in [0.25, 0.3) is 5.76 Å². The highest BCUT2D eigenvalue weighted by atomic mass is 19.4. The maximum absolute atomic E-state index is 14.1. The number of carbonyl (C=O) groups excluding carboxylic acids is 4. The predicted molar refractivity (Wildman–Crippen MR) is 168 cm³/mol. The molecule has 1 fully saturated rings. The second-order valence-corrected chi connectivity index (χ2v) is 12.5. The lowest BCUT2D eigenvalue weighted by Gasteiger charge is -2.50. The van der Waals surface area contributed by atoms with Crippen molar-refractivity contribution in [3.63, 3.8) is 0 Å². The Balaban J connectivity index is 1.49. The van der Waals surface area contributed by atoms with E-state index in [2.05, 4.69) is 15.4 Å². The van der Waals surface area contributed by atoms with Gasteiger partial charge in [0.25, 0.3) is 5.91 Å². The third-order valence-electron chi connectivity index (χ3n) is 9.04. The largest absolute Gasteiger partial charge is 0.573 e. The van der Waals surface area contributed by atoms with Crippen LogP contribution in [-0.4, -0.2) is 95.0 Å². The van der Waals surface area contributed by atoms with Gasteiger partial charge in [-0.2, -0.15) is 0 Å². The Bertz CT molecular complexity index is 1820. The number of Topliss-reactive ketones (excluding diaryl/α,β-unsaturated/α-hetero) is 2. The van der Waals surface area contributed by atoms with E-state index in [9.17, 15) is 52.8 Å². The number of rotatable bonds is 7. The number of hydrogen-bond donors (Lipinski definition) is 7. The highest BCUT2D eigenvalue weighted by Gasteiger charge is 2.64. The first-order valence-corrected chi connectivity index (χ1v) is 14.9. The van der Waals surface area contributed by atoms with Gasteiger partial charge in [-0.25, -0.2) is 4.79 Å². The summed E-state index contributed by atoms with van der Waals surface area (Å²) < 4.78 is 41.1. The summed E-state index contributed by atoms with van der Waals surface area (Å²) in [7, 11) is 6.41. The van der Waals surface area contributed by atoms with Crippen LogP contribution in [0.4, 0.5) is 29.3 Å². The Morgan fingerprint density at radius 3 is 2.27 bits per heavy atom. The minimum atomic E-state index is -4.88. The Morgan fingerprint density at radius 1 is 1.08 bits per heavy atom. The number of aliphatic hydroxyl groups is 3. The monoisotopic (exact) mass is 689 g/mol. The number of fused-ring (bicyclic) bond motifs is 3. The number of anilines is 2. The summed E-state index contributed by atoms with van der Waals surface area (Å²) in [4.78, 5) is 55.3. The molecule has 3 aliphatic carbocycles. The molecule has 0 heterocycles. The first kappa shape index (κ1) is 35.0. The van der Waals surface area contributed by atoms with Gasteiger partial charge in [0.1, 0.15) is 28.6 Å². The maximum Gasteiger partial charge on any atom is 0.573 e. The molecule has 2 unspecified atom stereocenters. The number of aliphatic hydroxyl groups excluding tert-OH is 2. The summed E-state index contributed by atoms with van der Waals surface area (Å²) >= 11 is 0. The normalized spacial score (nSPS) is 23.5. The molecule has 1 saturated carbocycles. The van der Waals surface area contributed by atoms with Crippen molar-refractivity contribution in [2.75, 3.05) is 38.4 Å². The van der Waals surface area contributed by atoms with Crippen molar-refractivity contribution >= 4 is 40.6 Å². The number of amides is 3. The molecule has 14 nitrogen and oxygen atoms in total. The molecule has 0 aliphatic heterocycles. The lowest BCUT2D eigenvalue weighted by atomic mass is 9.57. The zero-order valence-corrected chi connectivity index (χ0v) is 26.7. The van der Waals surface area contributed by atoms with Crippen LogP contribution in [0.15, 0.2) is 47.2 Å². The van der Waals surface area contributed by atoms with Crippen molar-refractivity contribution in [1.29, 1.82) is 0 Å². The molecule has 2 aromatic rings. The fourth-order valence-electron chi connectivity index (χ4n) is 6.97. The van der Waals surface area contributed by atoms with E-state index in [1.807, 2.05) is 0 Å². The van der Waals surface area contributed by atoms with Gasteiger partial charge in [0.2, 0.25) is 5.78 Å². The van der Waals surface area contributed by atoms with Crippen LogP contribution in [0.1, 0.15) is 23.1 Å². The van der Waals surface area contributed by atoms with E-state index in [1.165, 1.54) is 31.1 Å². The minimum Gasteiger partial charge on any atom is -0.508 e. The number of nitrogens with one attached hydrogen (secondary N) is 2. The molecule has 0 saturated heterocycles. The number of hydrogen-bond acceptors (Lipinski definition) is 11. The summed E-state index contributed by atoms with van der Waals surface area (Å²) in [6.45, 7) is -0.314. The number of ether oxygens (including phenoxy) is 1. The van der Waals surface area contributed by atoms with E-state index in [1.54, 1.807) is 25.1 Å². The highest BCUT2D eigenvalue weighted by molar-refractivity contribution is 6.24. The molecule has 0 radical (unpaired) electrons. The van der Waals surface area contributed by atoms with Crippen LogP contribution in [0, 0.1) is 11.8 Å². The second-order valence-electron chi connectivity index (χ2n) is 12.5. The number of likely N-dealkylation sites (N-methyl/N-ethyl adjacent to an activating group) is 1. The molecule has 3 aliphatic rings. The first-order valence-electron chi connectivity index (χ1n) is 14.9. The van der Waals surface area contributed by atoms with Gasteiger partial charge in [-0.3, -0.25) is 19.3 Å². The number of benzene rings is 2. The number of halogens is 3. The molecule has 17 heteroatoms. The topological polar surface area (TPSA) is 215 Å². The second kappa shape index (κ2) is 12.3. The summed E-state index contributed by atoms with van der Waals surface area (Å²) in [5.41, 5.74) is 2.35. The Morgan fingerprint density at radius 2 is 1.71 bits per heavy atom. The number of carbonyl (C=O) groups is 4. The molecule has 0 aromatic heterocycles. The number of ketones is 2. The van der Waals surface area contributed by atoms with Crippen molar-refractivity contribution in [3.8, 4) is 11.5 Å². The van der Waals surface area contributed by atoms with Crippen LogP contribution in [0.3, 0.4) is 0 Å². The third kappa shape index (κ3) is 5.99. The first-order chi connectivity index (χ1) is 22.8. The molecule has 4 atom stereocenters. The van der Waals surface area contributed by atoms with E-state index in [0.29, 0.717) is 11.3 Å². The fourth-order valence-corrected chi connectivity index (χ4v) is 6.97. The molecule has 49 heavy (non-hydrogen) atoms. The van der Waals surface area contributed by atoms with E-state index < -0.39 is 81.9 Å². The number of primary amides is 1. The number of alkyl halides is 3. The SMILES string of the molecule is CN(C)c1cc(CNC(=O)Nc2ccc(OC(F)(F)F)cc2)c(O)c2c1CC1CC3[C@@H](N(C)C)C(=O)C(C(N)=O)=C(O)[C@@]3(O)C(=O)C1=C2O. The molecule has 8 N–H and O–H groups in total. The molecule has 262 valence electrons. The Kier molecular flexibility index (Phi) is 8.80. The van der Waals surface area contributed by atoms with Crippen molar-refractivity contribution < 1.29 is 57.5 Å². The fraction of sp³-hybridized carbons (Fsp3) is 0.375. The Labute approximate surface area is 277 Å². The zero-order chi connectivity index (χ0) is 36.3. The predicted octanol–water partition coefficient (Wildman–Crippen LogP) is 2.25. The standard InChI is InChI=1S/C32H34F3N5O9/c1-39(2)19-11-14(12-37-30(47)38-15-5-7-16(8-6-15)49-32(33,34)35)24(41)21-17(19)9-13-10-18-23(40(3)4)26(43)22(29(36)46)28(45)31(18,48)27(44)20(13)25(21)42/h5-8,11,13,18,23,41-42,45,48H,9-10,12H2,1-4H3,(H2,36,46)(H2,37,38,47)/t13?,18?,23-,31+/m1/s1. The minimum absolute atomic E-state index is 0.0673. The van der Waals surface area contributed by atoms with Crippen LogP contribution in [0.5, 0.6) is 11.5 Å². The van der Waals surface area contributed by atoms with E-state index >= 15 is 0 Å². The lowest BCUT2D eigenvalue weighted by molar-refractivity contribution is -0.274. The number of aromatic hydroxyl groups is 1. The van der Waals surface area contributed by atoms with Gasteiger partial charge >= 0.3 is 12.4 Å². The summed E-state index contributed by atoms with van der Waals surface area (Å²) in [6.07, 6.45) is -4.89. The van der Waals surface area contributed by atoms with Gasteiger partial charge in [-0.1, -0.05) is 0 Å². The number of phenols is 1. The molecule has 3 amide bonds. The van der Waals surface area contributed by atoms with Gasteiger partial charge in [0.05, 0.1) is 11.6 Å². The van der Waals surface area contributed by atoms with Crippen molar-refractivity contribution in [2.24, 2.45) is 17.6 Å². The zero-order valence-electron chi connectivity index (χ0n) is 26.7.